The molecule has 0 fully saturated rings. The number of hydrazone groups is 1. The standard InChI is InChI=1S/C6H10ClN3O2/c1-10-5(4-11)8-9-6(10)12-3-2-7/h4-5,8H,2-3H2,1H3. The first-order valence-corrected chi connectivity index (χ1v) is 4.03. The molecule has 12 heavy (non-hydrogen) atoms. The summed E-state index contributed by atoms with van der Waals surface area (Å²) in [5.74, 6) is 0.401. The number of aldehydes is 1. The van der Waals surface area contributed by atoms with E-state index in [4.69, 9.17) is 16.3 Å². The Balaban J connectivity index is 2.41. The van der Waals surface area contributed by atoms with Gasteiger partial charge in [0, 0.05) is 7.05 Å². The van der Waals surface area contributed by atoms with E-state index < -0.39 is 6.17 Å². The Hall–Kier alpha value is -0.970. The fourth-order valence-electron chi connectivity index (χ4n) is 0.791. The predicted molar refractivity (Wildman–Crippen MR) is 44.9 cm³/mol. The molecule has 0 saturated carbocycles. The van der Waals surface area contributed by atoms with Gasteiger partial charge in [0.2, 0.25) is 0 Å². The molecule has 1 heterocycles. The third-order valence-corrected chi connectivity index (χ3v) is 1.60. The molecule has 68 valence electrons. The summed E-state index contributed by atoms with van der Waals surface area (Å²) in [7, 11) is 1.71. The minimum atomic E-state index is -0.421. The fraction of sp³-hybridized carbons (Fsp3) is 0.667. The Bertz CT molecular complexity index is 197. The fourth-order valence-corrected chi connectivity index (χ4v) is 0.869. The maximum atomic E-state index is 10.4. The van der Waals surface area contributed by atoms with Crippen LogP contribution < -0.4 is 5.43 Å². The number of nitrogens with zero attached hydrogens (tertiary/aromatic N) is 2. The van der Waals surface area contributed by atoms with Gasteiger partial charge in [-0.15, -0.1) is 16.7 Å². The second kappa shape index (κ2) is 4.15. The van der Waals surface area contributed by atoms with E-state index in [9.17, 15) is 4.79 Å². The number of carbonyl (C=O) groups is 1. The van der Waals surface area contributed by atoms with E-state index in [1.807, 2.05) is 0 Å². The number of likely N-dealkylation sites (N-methyl/N-ethyl adjacent to an activating group) is 1. The van der Waals surface area contributed by atoms with Gasteiger partial charge in [0.05, 0.1) is 5.88 Å². The van der Waals surface area contributed by atoms with Gasteiger partial charge in [-0.2, -0.15) is 0 Å². The number of rotatable bonds is 3. The van der Waals surface area contributed by atoms with Crippen LogP contribution in [0.2, 0.25) is 0 Å². The number of hydrogen-bond acceptors (Lipinski definition) is 5. The van der Waals surface area contributed by atoms with Crippen molar-refractivity contribution in [2.24, 2.45) is 5.10 Å². The zero-order valence-corrected chi connectivity index (χ0v) is 7.41. The van der Waals surface area contributed by atoms with E-state index in [-0.39, 0.29) is 0 Å². The zero-order valence-electron chi connectivity index (χ0n) is 6.66. The highest BCUT2D eigenvalue weighted by atomic mass is 35.5. The molecular formula is C6H10ClN3O2. The molecular weight excluding hydrogens is 182 g/mol. The Morgan fingerprint density at radius 2 is 2.67 bits per heavy atom. The lowest BCUT2D eigenvalue weighted by molar-refractivity contribution is -0.111. The number of hydrogen-bond donors (Lipinski definition) is 1. The van der Waals surface area contributed by atoms with E-state index in [2.05, 4.69) is 10.5 Å². The second-order valence-corrected chi connectivity index (χ2v) is 2.63. The molecule has 6 heteroatoms. The van der Waals surface area contributed by atoms with Crippen molar-refractivity contribution in [3.63, 3.8) is 0 Å². The summed E-state index contributed by atoms with van der Waals surface area (Å²) in [5, 5.41) is 3.79. The van der Waals surface area contributed by atoms with Crippen LogP contribution in [0.1, 0.15) is 0 Å². The van der Waals surface area contributed by atoms with E-state index >= 15 is 0 Å². The Labute approximate surface area is 75.3 Å². The molecule has 0 saturated heterocycles. The van der Waals surface area contributed by atoms with Crippen molar-refractivity contribution in [3.05, 3.63) is 0 Å². The average molecular weight is 192 g/mol. The molecule has 5 nitrogen and oxygen atoms in total. The van der Waals surface area contributed by atoms with Gasteiger partial charge in [0.1, 0.15) is 6.61 Å². The second-order valence-electron chi connectivity index (χ2n) is 2.25. The van der Waals surface area contributed by atoms with Crippen LogP contribution >= 0.6 is 11.6 Å². The average Bonchev–Trinajstić information content (AvgIpc) is 2.43. The topological polar surface area (TPSA) is 53.9 Å². The van der Waals surface area contributed by atoms with Crippen LogP contribution in [0.25, 0.3) is 0 Å². The van der Waals surface area contributed by atoms with E-state index in [1.54, 1.807) is 11.9 Å². The summed E-state index contributed by atoms with van der Waals surface area (Å²) in [6.45, 7) is 0.387. The quantitative estimate of drug-likeness (QED) is 0.486. The Morgan fingerprint density at radius 1 is 1.92 bits per heavy atom. The van der Waals surface area contributed by atoms with Gasteiger partial charge in [-0.1, -0.05) is 0 Å². The third kappa shape index (κ3) is 1.79. The summed E-state index contributed by atoms with van der Waals surface area (Å²) in [4.78, 5) is 12.0. The molecule has 0 aromatic rings. The lowest BCUT2D eigenvalue weighted by Crippen LogP contribution is -2.39. The molecule has 1 atom stereocenters. The first-order chi connectivity index (χ1) is 5.79. The first-order valence-electron chi connectivity index (χ1n) is 3.49. The van der Waals surface area contributed by atoms with Gasteiger partial charge >= 0.3 is 6.02 Å². The monoisotopic (exact) mass is 191 g/mol. The SMILES string of the molecule is CN1C(OCCCl)=NNC1C=O. The molecule has 1 aliphatic rings. The van der Waals surface area contributed by atoms with E-state index in [0.717, 1.165) is 6.29 Å². The van der Waals surface area contributed by atoms with Gasteiger partial charge in [0.15, 0.2) is 12.5 Å². The summed E-state index contributed by atoms with van der Waals surface area (Å²) in [6.07, 6.45) is 0.330. The Kier molecular flexibility index (Phi) is 3.16. The van der Waals surface area contributed by atoms with Crippen LogP contribution in [-0.4, -0.2) is 42.9 Å². The maximum Gasteiger partial charge on any atom is 0.310 e. The minimum Gasteiger partial charge on any atom is -0.463 e. The summed E-state index contributed by atoms with van der Waals surface area (Å²) in [5.41, 5.74) is 2.59. The third-order valence-electron chi connectivity index (χ3n) is 1.45. The van der Waals surface area contributed by atoms with Gasteiger partial charge < -0.3 is 9.64 Å². The van der Waals surface area contributed by atoms with Crippen molar-refractivity contribution in [2.75, 3.05) is 19.5 Å². The lowest BCUT2D eigenvalue weighted by Gasteiger charge is -2.16. The van der Waals surface area contributed by atoms with Crippen LogP contribution in [0, 0.1) is 0 Å². The van der Waals surface area contributed by atoms with Crippen molar-refractivity contribution < 1.29 is 9.53 Å². The largest absolute Gasteiger partial charge is 0.463 e. The molecule has 0 spiro atoms. The van der Waals surface area contributed by atoms with E-state index in [1.165, 1.54) is 0 Å². The number of carbonyl (C=O) groups excluding carboxylic acids is 1. The molecule has 0 aliphatic carbocycles. The van der Waals surface area contributed by atoms with Crippen molar-refractivity contribution in [2.45, 2.75) is 6.17 Å². The van der Waals surface area contributed by atoms with Crippen LogP contribution in [0.5, 0.6) is 0 Å². The summed E-state index contributed by atoms with van der Waals surface area (Å²) in [6, 6.07) is 0.396. The van der Waals surface area contributed by atoms with Crippen molar-refractivity contribution in [3.8, 4) is 0 Å². The molecule has 1 N–H and O–H groups in total. The van der Waals surface area contributed by atoms with Crippen LogP contribution in [0.15, 0.2) is 5.10 Å². The highest BCUT2D eigenvalue weighted by Crippen LogP contribution is 2.01. The number of halogens is 1. The normalized spacial score (nSPS) is 21.7. The van der Waals surface area contributed by atoms with Crippen molar-refractivity contribution in [1.29, 1.82) is 0 Å². The molecule has 1 unspecified atom stereocenters. The molecule has 0 amide bonds. The first kappa shape index (κ1) is 9.12. The highest BCUT2D eigenvalue weighted by molar-refractivity contribution is 6.18. The zero-order chi connectivity index (χ0) is 8.97. The maximum absolute atomic E-state index is 10.4. The Morgan fingerprint density at radius 3 is 3.17 bits per heavy atom. The number of ether oxygens (including phenoxy) is 1. The minimum absolute atomic E-state index is 0.387. The van der Waals surface area contributed by atoms with Gasteiger partial charge in [-0.25, -0.2) is 0 Å². The van der Waals surface area contributed by atoms with Gasteiger partial charge in [-0.05, 0) is 0 Å². The van der Waals surface area contributed by atoms with Crippen LogP contribution in [0.4, 0.5) is 0 Å². The van der Waals surface area contributed by atoms with Gasteiger partial charge in [0.25, 0.3) is 0 Å². The summed E-state index contributed by atoms with van der Waals surface area (Å²) >= 11 is 5.41. The molecule has 1 rings (SSSR count). The molecule has 0 bridgehead atoms. The van der Waals surface area contributed by atoms with Crippen LogP contribution in [0.3, 0.4) is 0 Å². The lowest BCUT2D eigenvalue weighted by atomic mass is 10.5. The smallest absolute Gasteiger partial charge is 0.310 e. The molecule has 0 aromatic heterocycles. The van der Waals surface area contributed by atoms with E-state index in [0.29, 0.717) is 18.5 Å². The van der Waals surface area contributed by atoms with Crippen molar-refractivity contribution >= 4 is 23.9 Å². The number of alkyl halides is 1. The molecule has 1 aliphatic heterocycles. The highest BCUT2D eigenvalue weighted by Gasteiger charge is 2.24. The number of nitrogens with one attached hydrogen (secondary N) is 1. The van der Waals surface area contributed by atoms with Crippen molar-refractivity contribution in [1.82, 2.24) is 10.3 Å². The number of amidine groups is 1. The predicted octanol–water partition coefficient (Wildman–Crippen LogP) is -0.427. The van der Waals surface area contributed by atoms with Gasteiger partial charge in [-0.3, -0.25) is 10.2 Å². The van der Waals surface area contributed by atoms with Crippen LogP contribution in [-0.2, 0) is 9.53 Å². The molecule has 0 radical (unpaired) electrons. The molecule has 0 aromatic carbocycles. The summed E-state index contributed by atoms with van der Waals surface area (Å²) < 4.78 is 5.12.